The first-order chi connectivity index (χ1) is 8.63. The van der Waals surface area contributed by atoms with Crippen LogP contribution in [0.25, 0.3) is 0 Å². The Labute approximate surface area is 123 Å². The first kappa shape index (κ1) is 16.1. The minimum atomic E-state index is 0.513. The molecule has 0 aliphatic heterocycles. The molecule has 3 nitrogen and oxygen atoms in total. The van der Waals surface area contributed by atoms with Crippen LogP contribution in [0.3, 0.4) is 0 Å². The fraction of sp³-hybridized carbons (Fsp3) is 0.769. The third-order valence-electron chi connectivity index (χ3n) is 2.97. The second-order valence-corrected chi connectivity index (χ2v) is 6.37. The molecule has 0 aliphatic rings. The normalized spacial score (nSPS) is 12.9. The molecule has 1 unspecified atom stereocenters. The average molecular weight is 334 g/mol. The number of halogens is 1. The highest BCUT2D eigenvalue weighted by molar-refractivity contribution is 9.10. The average Bonchev–Trinajstić information content (AvgIpc) is 2.65. The molecule has 1 heterocycles. The molecule has 0 aromatic carbocycles. The van der Waals surface area contributed by atoms with Crippen LogP contribution in [0.2, 0.25) is 0 Å². The van der Waals surface area contributed by atoms with Crippen molar-refractivity contribution in [2.45, 2.75) is 46.2 Å². The van der Waals surface area contributed by atoms with E-state index >= 15 is 0 Å². The summed E-state index contributed by atoms with van der Waals surface area (Å²) in [7, 11) is 2.05. The SMILES string of the molecule is CCCSCC(Cc1c(Br)c(C)nn1CC)NC. The molecule has 0 bridgehead atoms. The van der Waals surface area contributed by atoms with E-state index in [0.717, 1.165) is 24.4 Å². The number of nitrogens with zero attached hydrogens (tertiary/aromatic N) is 2. The van der Waals surface area contributed by atoms with Crippen LogP contribution in [0.1, 0.15) is 31.7 Å². The van der Waals surface area contributed by atoms with E-state index in [1.54, 1.807) is 0 Å². The van der Waals surface area contributed by atoms with Crippen molar-refractivity contribution < 1.29 is 0 Å². The highest BCUT2D eigenvalue weighted by atomic mass is 79.9. The molecule has 1 atom stereocenters. The van der Waals surface area contributed by atoms with E-state index < -0.39 is 0 Å². The Hall–Kier alpha value is -0.0000000000000000763. The summed E-state index contributed by atoms with van der Waals surface area (Å²) in [6.45, 7) is 7.36. The second-order valence-electron chi connectivity index (χ2n) is 4.43. The molecule has 0 amide bonds. The summed E-state index contributed by atoms with van der Waals surface area (Å²) in [6, 6.07) is 0.513. The summed E-state index contributed by atoms with van der Waals surface area (Å²) < 4.78 is 3.28. The lowest BCUT2D eigenvalue weighted by Gasteiger charge is -2.16. The fourth-order valence-corrected chi connectivity index (χ4v) is 3.38. The Kier molecular flexibility index (Phi) is 7.34. The van der Waals surface area contributed by atoms with Crippen molar-refractivity contribution in [2.75, 3.05) is 18.6 Å². The van der Waals surface area contributed by atoms with Crippen LogP contribution < -0.4 is 5.32 Å². The largest absolute Gasteiger partial charge is 0.316 e. The quantitative estimate of drug-likeness (QED) is 0.740. The van der Waals surface area contributed by atoms with Crippen LogP contribution in [-0.2, 0) is 13.0 Å². The van der Waals surface area contributed by atoms with Crippen LogP contribution in [0, 0.1) is 6.92 Å². The van der Waals surface area contributed by atoms with Gasteiger partial charge < -0.3 is 5.32 Å². The Balaban J connectivity index is 2.68. The minimum absolute atomic E-state index is 0.513. The predicted octanol–water partition coefficient (Wildman–Crippen LogP) is 3.25. The third-order valence-corrected chi connectivity index (χ3v) is 5.33. The summed E-state index contributed by atoms with van der Waals surface area (Å²) in [5, 5.41) is 7.96. The molecule has 18 heavy (non-hydrogen) atoms. The molecular weight excluding hydrogens is 310 g/mol. The van der Waals surface area contributed by atoms with Gasteiger partial charge in [0.1, 0.15) is 0 Å². The van der Waals surface area contributed by atoms with Gasteiger partial charge in [-0.1, -0.05) is 6.92 Å². The number of hydrogen-bond donors (Lipinski definition) is 1. The fourth-order valence-electron chi connectivity index (χ4n) is 1.91. The predicted molar refractivity (Wildman–Crippen MR) is 84.5 cm³/mol. The molecule has 0 saturated heterocycles. The van der Waals surface area contributed by atoms with E-state index in [9.17, 15) is 0 Å². The van der Waals surface area contributed by atoms with Gasteiger partial charge in [-0.2, -0.15) is 16.9 Å². The lowest BCUT2D eigenvalue weighted by atomic mass is 10.2. The van der Waals surface area contributed by atoms with Gasteiger partial charge in [0.25, 0.3) is 0 Å². The van der Waals surface area contributed by atoms with Crippen LogP contribution in [-0.4, -0.2) is 34.4 Å². The topological polar surface area (TPSA) is 29.9 Å². The summed E-state index contributed by atoms with van der Waals surface area (Å²) >= 11 is 5.69. The Bertz CT molecular complexity index is 365. The summed E-state index contributed by atoms with van der Waals surface area (Å²) in [4.78, 5) is 0. The van der Waals surface area contributed by atoms with Gasteiger partial charge in [0, 0.05) is 24.8 Å². The molecule has 5 heteroatoms. The van der Waals surface area contributed by atoms with Crippen LogP contribution >= 0.6 is 27.7 Å². The first-order valence-electron chi connectivity index (χ1n) is 6.60. The lowest BCUT2D eigenvalue weighted by molar-refractivity contribution is 0.555. The van der Waals surface area contributed by atoms with Gasteiger partial charge in [0.15, 0.2) is 0 Å². The number of aromatic nitrogens is 2. The van der Waals surface area contributed by atoms with Crippen molar-refractivity contribution in [3.63, 3.8) is 0 Å². The molecule has 1 aromatic rings. The van der Waals surface area contributed by atoms with Crippen LogP contribution in [0.5, 0.6) is 0 Å². The van der Waals surface area contributed by atoms with Crippen molar-refractivity contribution in [1.29, 1.82) is 0 Å². The number of aryl methyl sites for hydroxylation is 2. The molecule has 1 aromatic heterocycles. The third kappa shape index (κ3) is 4.28. The highest BCUT2D eigenvalue weighted by Crippen LogP contribution is 2.23. The summed E-state index contributed by atoms with van der Waals surface area (Å²) in [6.07, 6.45) is 2.28. The van der Waals surface area contributed by atoms with Gasteiger partial charge in [0.05, 0.1) is 15.9 Å². The number of rotatable bonds is 8. The standard InChI is InChI=1S/C13H24BrN3S/c1-5-7-18-9-11(15-4)8-12-13(14)10(3)16-17(12)6-2/h11,15H,5-9H2,1-4H3. The number of thioether (sulfide) groups is 1. The van der Waals surface area contributed by atoms with Gasteiger partial charge in [-0.15, -0.1) is 0 Å². The molecule has 104 valence electrons. The van der Waals surface area contributed by atoms with Crippen molar-refractivity contribution in [2.24, 2.45) is 0 Å². The zero-order valence-corrected chi connectivity index (χ0v) is 14.2. The second kappa shape index (κ2) is 8.23. The summed E-state index contributed by atoms with van der Waals surface area (Å²) in [5.74, 6) is 2.40. The molecule has 1 N–H and O–H groups in total. The maximum Gasteiger partial charge on any atom is 0.0738 e. The summed E-state index contributed by atoms with van der Waals surface area (Å²) in [5.41, 5.74) is 2.40. The highest BCUT2D eigenvalue weighted by Gasteiger charge is 2.16. The Morgan fingerprint density at radius 1 is 1.44 bits per heavy atom. The zero-order valence-electron chi connectivity index (χ0n) is 11.8. The zero-order chi connectivity index (χ0) is 13.5. The number of nitrogens with one attached hydrogen (secondary N) is 1. The van der Waals surface area contributed by atoms with Crippen LogP contribution in [0.15, 0.2) is 4.47 Å². The molecule has 1 rings (SSSR count). The van der Waals surface area contributed by atoms with E-state index in [0.29, 0.717) is 6.04 Å². The van der Waals surface area contributed by atoms with Gasteiger partial charge in [-0.3, -0.25) is 4.68 Å². The molecule has 0 saturated carbocycles. The maximum absolute atomic E-state index is 4.55. The van der Waals surface area contributed by atoms with E-state index in [2.05, 4.69) is 51.8 Å². The van der Waals surface area contributed by atoms with Gasteiger partial charge in [-0.25, -0.2) is 0 Å². The minimum Gasteiger partial charge on any atom is -0.316 e. The molecule has 0 radical (unpaired) electrons. The van der Waals surface area contributed by atoms with Crippen molar-refractivity contribution >= 4 is 27.7 Å². The van der Waals surface area contributed by atoms with Gasteiger partial charge in [-0.05, 0) is 49.0 Å². The van der Waals surface area contributed by atoms with E-state index in [1.165, 1.54) is 22.3 Å². The van der Waals surface area contributed by atoms with Crippen LogP contribution in [0.4, 0.5) is 0 Å². The smallest absolute Gasteiger partial charge is 0.0738 e. The number of likely N-dealkylation sites (N-methyl/N-ethyl adjacent to an activating group) is 1. The van der Waals surface area contributed by atoms with Gasteiger partial charge in [0.2, 0.25) is 0 Å². The first-order valence-corrected chi connectivity index (χ1v) is 8.55. The van der Waals surface area contributed by atoms with E-state index in [1.807, 2.05) is 18.8 Å². The molecule has 0 fully saturated rings. The lowest BCUT2D eigenvalue weighted by Crippen LogP contribution is -2.31. The Morgan fingerprint density at radius 2 is 2.17 bits per heavy atom. The Morgan fingerprint density at radius 3 is 2.72 bits per heavy atom. The molecule has 0 aliphatic carbocycles. The van der Waals surface area contributed by atoms with Crippen molar-refractivity contribution in [1.82, 2.24) is 15.1 Å². The molecular formula is C13H24BrN3S. The van der Waals surface area contributed by atoms with E-state index in [-0.39, 0.29) is 0 Å². The van der Waals surface area contributed by atoms with Crippen molar-refractivity contribution in [3.8, 4) is 0 Å². The maximum atomic E-state index is 4.55. The monoisotopic (exact) mass is 333 g/mol. The van der Waals surface area contributed by atoms with Gasteiger partial charge >= 0.3 is 0 Å². The number of hydrogen-bond acceptors (Lipinski definition) is 3. The van der Waals surface area contributed by atoms with E-state index in [4.69, 9.17) is 0 Å². The van der Waals surface area contributed by atoms with Crippen molar-refractivity contribution in [3.05, 3.63) is 15.9 Å². The molecule has 0 spiro atoms.